The predicted octanol–water partition coefficient (Wildman–Crippen LogP) is 4.43. The van der Waals surface area contributed by atoms with Gasteiger partial charge in [-0.3, -0.25) is 9.10 Å². The second kappa shape index (κ2) is 10.1. The van der Waals surface area contributed by atoms with Crippen LogP contribution in [0.1, 0.15) is 0 Å². The van der Waals surface area contributed by atoms with Gasteiger partial charge in [-0.1, -0.05) is 36.0 Å². The number of carbonyl (C=O) groups excluding carboxylic acids is 1. The lowest BCUT2D eigenvalue weighted by Crippen LogP contribution is -2.26. The first-order valence-electron chi connectivity index (χ1n) is 9.99. The van der Waals surface area contributed by atoms with Crippen molar-refractivity contribution >= 4 is 39.1 Å². The largest absolute Gasteiger partial charge is 0.411 e. The third-order valence-corrected chi connectivity index (χ3v) is 7.32. The van der Waals surface area contributed by atoms with Crippen LogP contribution in [0.5, 0.6) is 0 Å². The van der Waals surface area contributed by atoms with E-state index in [4.69, 9.17) is 4.42 Å². The van der Waals surface area contributed by atoms with E-state index in [1.807, 2.05) is 0 Å². The van der Waals surface area contributed by atoms with Gasteiger partial charge in [-0.05, 0) is 54.6 Å². The number of thioether (sulfide) groups is 1. The van der Waals surface area contributed by atoms with Crippen LogP contribution in [0.4, 0.5) is 15.8 Å². The van der Waals surface area contributed by atoms with Crippen LogP contribution in [0.25, 0.3) is 11.5 Å². The summed E-state index contributed by atoms with van der Waals surface area (Å²) in [7, 11) is -2.34. The monoisotopic (exact) mass is 498 g/mol. The molecule has 0 aliphatic carbocycles. The van der Waals surface area contributed by atoms with Crippen LogP contribution in [0, 0.1) is 5.82 Å². The highest BCUT2D eigenvalue weighted by molar-refractivity contribution is 7.99. The fourth-order valence-corrected chi connectivity index (χ4v) is 4.78. The first kappa shape index (κ1) is 23.5. The Morgan fingerprint density at radius 1 is 1.03 bits per heavy atom. The van der Waals surface area contributed by atoms with Crippen molar-refractivity contribution in [2.75, 3.05) is 22.4 Å². The van der Waals surface area contributed by atoms with Gasteiger partial charge in [0.05, 0.1) is 16.3 Å². The lowest BCUT2D eigenvalue weighted by atomic mass is 10.2. The van der Waals surface area contributed by atoms with E-state index in [-0.39, 0.29) is 33.5 Å². The number of nitrogens with zero attached hydrogens (tertiary/aromatic N) is 3. The van der Waals surface area contributed by atoms with Gasteiger partial charge in [0.2, 0.25) is 11.8 Å². The number of sulfonamides is 1. The van der Waals surface area contributed by atoms with Gasteiger partial charge in [-0.25, -0.2) is 12.8 Å². The number of benzene rings is 3. The number of hydrogen-bond donors (Lipinski definition) is 1. The van der Waals surface area contributed by atoms with Crippen LogP contribution < -0.4 is 9.62 Å². The summed E-state index contributed by atoms with van der Waals surface area (Å²) in [5.41, 5.74) is 1.42. The maximum Gasteiger partial charge on any atom is 0.277 e. The fraction of sp³-hybridized carbons (Fsp3) is 0.0870. The molecule has 0 aliphatic rings. The van der Waals surface area contributed by atoms with Crippen molar-refractivity contribution in [3.8, 4) is 11.5 Å². The molecule has 1 N–H and O–H groups in total. The summed E-state index contributed by atoms with van der Waals surface area (Å²) in [6.45, 7) is 0. The maximum absolute atomic E-state index is 13.1. The van der Waals surface area contributed by atoms with Crippen LogP contribution in [-0.4, -0.2) is 37.3 Å². The maximum atomic E-state index is 13.1. The Morgan fingerprint density at radius 3 is 2.50 bits per heavy atom. The van der Waals surface area contributed by atoms with E-state index in [1.54, 1.807) is 42.5 Å². The lowest BCUT2D eigenvalue weighted by molar-refractivity contribution is -0.113. The summed E-state index contributed by atoms with van der Waals surface area (Å²) in [4.78, 5) is 12.4. The third-order valence-electron chi connectivity index (χ3n) is 4.72. The van der Waals surface area contributed by atoms with Crippen molar-refractivity contribution in [3.63, 3.8) is 0 Å². The molecule has 0 bridgehead atoms. The average Bonchev–Trinajstić information content (AvgIpc) is 3.32. The van der Waals surface area contributed by atoms with Gasteiger partial charge in [0.25, 0.3) is 15.2 Å². The second-order valence-electron chi connectivity index (χ2n) is 7.05. The van der Waals surface area contributed by atoms with Crippen molar-refractivity contribution in [2.24, 2.45) is 0 Å². The quantitative estimate of drug-likeness (QED) is 0.358. The number of aromatic nitrogens is 2. The highest BCUT2D eigenvalue weighted by Gasteiger charge is 2.21. The van der Waals surface area contributed by atoms with E-state index < -0.39 is 10.0 Å². The number of carbonyl (C=O) groups is 1. The molecule has 11 heteroatoms. The number of hydrogen-bond acceptors (Lipinski definition) is 7. The first-order valence-corrected chi connectivity index (χ1v) is 12.4. The Balaban J connectivity index is 1.39. The van der Waals surface area contributed by atoms with Crippen LogP contribution in [-0.2, 0) is 14.8 Å². The Kier molecular flexibility index (Phi) is 6.94. The van der Waals surface area contributed by atoms with Gasteiger partial charge in [-0.15, -0.1) is 10.2 Å². The molecule has 0 aliphatic heterocycles. The molecule has 4 aromatic rings. The number of amides is 1. The lowest BCUT2D eigenvalue weighted by Gasteiger charge is -2.19. The van der Waals surface area contributed by atoms with E-state index in [9.17, 15) is 17.6 Å². The molecule has 0 saturated carbocycles. The molecule has 0 fully saturated rings. The van der Waals surface area contributed by atoms with E-state index in [0.29, 0.717) is 16.9 Å². The van der Waals surface area contributed by atoms with Gasteiger partial charge in [0, 0.05) is 18.3 Å². The summed E-state index contributed by atoms with van der Waals surface area (Å²) in [5.74, 6) is -0.578. The molecule has 0 atom stereocenters. The minimum Gasteiger partial charge on any atom is -0.411 e. The number of nitrogens with one attached hydrogen (secondary N) is 1. The Morgan fingerprint density at radius 2 is 1.76 bits per heavy atom. The second-order valence-corrected chi connectivity index (χ2v) is 9.95. The molecule has 174 valence electrons. The van der Waals surface area contributed by atoms with Crippen molar-refractivity contribution in [1.29, 1.82) is 0 Å². The van der Waals surface area contributed by atoms with E-state index in [1.165, 1.54) is 47.8 Å². The molecule has 3 aromatic carbocycles. The van der Waals surface area contributed by atoms with Gasteiger partial charge >= 0.3 is 0 Å². The molecule has 1 amide bonds. The zero-order chi connectivity index (χ0) is 24.1. The molecule has 1 aromatic heterocycles. The normalized spacial score (nSPS) is 11.2. The zero-order valence-electron chi connectivity index (χ0n) is 17.9. The first-order chi connectivity index (χ1) is 16.3. The molecule has 0 radical (unpaired) electrons. The molecule has 1 heterocycles. The number of anilines is 2. The van der Waals surface area contributed by atoms with E-state index in [0.717, 1.165) is 11.8 Å². The highest BCUT2D eigenvalue weighted by atomic mass is 32.2. The number of para-hydroxylation sites is 1. The molecule has 0 spiro atoms. The molecular weight excluding hydrogens is 479 g/mol. The van der Waals surface area contributed by atoms with E-state index >= 15 is 0 Å². The molecule has 8 nitrogen and oxygen atoms in total. The minimum absolute atomic E-state index is 0.0358. The Hall–Kier alpha value is -3.70. The van der Waals surface area contributed by atoms with Crippen LogP contribution in [0.3, 0.4) is 0 Å². The summed E-state index contributed by atoms with van der Waals surface area (Å²) in [6, 6.07) is 20.3. The van der Waals surface area contributed by atoms with Crippen molar-refractivity contribution in [3.05, 3.63) is 84.7 Å². The molecule has 4 rings (SSSR count). The topological polar surface area (TPSA) is 105 Å². The SMILES string of the molecule is CN(c1ccccc1)S(=O)(=O)c1cccc(NC(=O)CSc2nnc(-c3ccc(F)cc3)o2)c1. The van der Waals surface area contributed by atoms with Crippen molar-refractivity contribution in [2.45, 2.75) is 10.1 Å². The Bertz CT molecular complexity index is 1390. The smallest absolute Gasteiger partial charge is 0.277 e. The summed E-state index contributed by atoms with van der Waals surface area (Å²) >= 11 is 1.03. The van der Waals surface area contributed by atoms with Gasteiger partial charge in [0.1, 0.15) is 5.82 Å². The Labute approximate surface area is 199 Å². The third kappa shape index (κ3) is 5.43. The molecule has 0 saturated heterocycles. The summed E-state index contributed by atoms with van der Waals surface area (Å²) in [5, 5.41) is 10.6. The van der Waals surface area contributed by atoms with Crippen LogP contribution >= 0.6 is 11.8 Å². The van der Waals surface area contributed by atoms with Gasteiger partial charge in [-0.2, -0.15) is 0 Å². The summed E-state index contributed by atoms with van der Waals surface area (Å²) in [6.07, 6.45) is 0. The summed E-state index contributed by atoms with van der Waals surface area (Å²) < 4.78 is 45.7. The molecule has 0 unspecified atom stereocenters. The highest BCUT2D eigenvalue weighted by Crippen LogP contribution is 2.25. The zero-order valence-corrected chi connectivity index (χ0v) is 19.5. The predicted molar refractivity (Wildman–Crippen MR) is 128 cm³/mol. The fourth-order valence-electron chi connectivity index (χ4n) is 2.97. The van der Waals surface area contributed by atoms with Gasteiger partial charge < -0.3 is 9.73 Å². The van der Waals surface area contributed by atoms with Crippen molar-refractivity contribution < 1.29 is 22.0 Å². The molecule has 34 heavy (non-hydrogen) atoms. The molecular formula is C23H19FN4O4S2. The number of halogens is 1. The van der Waals surface area contributed by atoms with Crippen molar-refractivity contribution in [1.82, 2.24) is 10.2 Å². The van der Waals surface area contributed by atoms with Gasteiger partial charge in [0.15, 0.2) is 0 Å². The van der Waals surface area contributed by atoms with Crippen LogP contribution in [0.2, 0.25) is 0 Å². The standard InChI is InChI=1S/C23H19FN4O4S2/c1-28(19-7-3-2-4-8-19)34(30,31)20-9-5-6-18(14-20)25-21(29)15-33-23-27-26-22(32-23)16-10-12-17(24)13-11-16/h2-14H,15H2,1H3,(H,25,29). The van der Waals surface area contributed by atoms with E-state index in [2.05, 4.69) is 15.5 Å². The number of rotatable bonds is 8. The average molecular weight is 499 g/mol. The minimum atomic E-state index is -3.81. The van der Waals surface area contributed by atoms with Crippen LogP contribution in [0.15, 0.2) is 93.4 Å².